The Bertz CT molecular complexity index is 660. The quantitative estimate of drug-likeness (QED) is 0.454. The molecule has 0 amide bonds. The first-order chi connectivity index (χ1) is 8.99. The molecule has 0 fully saturated rings. The molecular formula is C14H14NOS3+. The lowest BCUT2D eigenvalue weighted by atomic mass is 9.90. The van der Waals surface area contributed by atoms with E-state index < -0.39 is 0 Å². The summed E-state index contributed by atoms with van der Waals surface area (Å²) in [6.07, 6.45) is 0. The molecule has 0 unspecified atom stereocenters. The first kappa shape index (κ1) is 13.1. The van der Waals surface area contributed by atoms with Crippen LogP contribution in [0.25, 0.3) is 11.1 Å². The van der Waals surface area contributed by atoms with Gasteiger partial charge in [-0.15, -0.1) is 0 Å². The highest BCUT2D eigenvalue weighted by atomic mass is 32.9. The number of hydrogen-bond acceptors (Lipinski definition) is 4. The predicted octanol–water partition coefficient (Wildman–Crippen LogP) is 5.06. The molecule has 2 aromatic rings. The third-order valence-electron chi connectivity index (χ3n) is 3.08. The van der Waals surface area contributed by atoms with E-state index in [9.17, 15) is 4.79 Å². The van der Waals surface area contributed by atoms with Crippen molar-refractivity contribution in [2.45, 2.75) is 30.5 Å². The molecule has 0 spiro atoms. The third kappa shape index (κ3) is 2.20. The molecule has 0 aliphatic carbocycles. The Morgan fingerprint density at radius 1 is 1.37 bits per heavy atom. The number of para-hydroxylation sites is 1. The van der Waals surface area contributed by atoms with E-state index in [1.54, 1.807) is 27.6 Å². The highest BCUT2D eigenvalue weighted by Gasteiger charge is 2.40. The lowest BCUT2D eigenvalue weighted by Gasteiger charge is -2.31. The number of rotatable bonds is 1. The van der Waals surface area contributed by atoms with Gasteiger partial charge in [0.05, 0.1) is 11.1 Å². The molecule has 3 rings (SSSR count). The van der Waals surface area contributed by atoms with Gasteiger partial charge in [0.15, 0.2) is 15.5 Å². The summed E-state index contributed by atoms with van der Waals surface area (Å²) < 4.78 is 1.12. The molecule has 1 aromatic heterocycles. The van der Waals surface area contributed by atoms with Crippen molar-refractivity contribution in [1.82, 2.24) is 0 Å². The van der Waals surface area contributed by atoms with Crippen LogP contribution < -0.4 is 5.32 Å². The zero-order chi connectivity index (χ0) is 13.6. The molecule has 1 aliphatic heterocycles. The summed E-state index contributed by atoms with van der Waals surface area (Å²) in [7, 11) is 3.47. The lowest BCUT2D eigenvalue weighted by Crippen LogP contribution is -2.30. The second-order valence-electron chi connectivity index (χ2n) is 5.05. The van der Waals surface area contributed by atoms with Crippen molar-refractivity contribution in [2.24, 2.45) is 0 Å². The molecular weight excluding hydrogens is 294 g/mol. The maximum absolute atomic E-state index is 11.4. The maximum atomic E-state index is 11.4. The van der Waals surface area contributed by atoms with E-state index in [4.69, 9.17) is 0 Å². The summed E-state index contributed by atoms with van der Waals surface area (Å²) in [6.45, 7) is 6.00. The molecule has 2 heterocycles. The monoisotopic (exact) mass is 308 g/mol. The van der Waals surface area contributed by atoms with Crippen LogP contribution in [0.4, 0.5) is 5.69 Å². The van der Waals surface area contributed by atoms with Gasteiger partial charge in [-0.05, 0) is 19.9 Å². The smallest absolute Gasteiger partial charge is 0.309 e. The molecule has 2 nitrogen and oxygen atoms in total. The van der Waals surface area contributed by atoms with Crippen LogP contribution in [0.3, 0.4) is 0 Å². The van der Waals surface area contributed by atoms with Crippen LogP contribution in [0, 0.1) is 0 Å². The van der Waals surface area contributed by atoms with Crippen LogP contribution in [0.15, 0.2) is 28.5 Å². The van der Waals surface area contributed by atoms with Crippen molar-refractivity contribution < 1.29 is 4.79 Å². The number of carbonyl (C=O) groups is 1. The highest BCUT2D eigenvalue weighted by molar-refractivity contribution is 8.16. The Labute approximate surface area is 124 Å². The van der Waals surface area contributed by atoms with Gasteiger partial charge < -0.3 is 5.32 Å². The standard InChI is InChI=1S/C14H14NOS3/c1-8(16)17-13-11-9-6-4-5-7-10(9)15-14(2,3)12(11)18-19-13/h4-7,15H,1-3H3/q+1. The molecule has 19 heavy (non-hydrogen) atoms. The van der Waals surface area contributed by atoms with Crippen molar-refractivity contribution >= 4 is 43.2 Å². The fourth-order valence-corrected chi connectivity index (χ4v) is 6.72. The van der Waals surface area contributed by atoms with Crippen molar-refractivity contribution in [3.8, 4) is 11.1 Å². The zero-order valence-electron chi connectivity index (χ0n) is 10.9. The fourth-order valence-electron chi connectivity index (χ4n) is 2.31. The van der Waals surface area contributed by atoms with Crippen molar-refractivity contribution in [2.75, 3.05) is 5.32 Å². The minimum atomic E-state index is -0.0829. The van der Waals surface area contributed by atoms with E-state index in [0.29, 0.717) is 0 Å². The second kappa shape index (κ2) is 4.58. The Balaban J connectivity index is 2.24. The molecule has 1 aromatic carbocycles. The van der Waals surface area contributed by atoms with Crippen molar-refractivity contribution in [1.29, 1.82) is 0 Å². The first-order valence-corrected chi connectivity index (χ1v) is 8.98. The Kier molecular flexibility index (Phi) is 3.15. The molecule has 5 heteroatoms. The summed E-state index contributed by atoms with van der Waals surface area (Å²) in [5.74, 6) is 0. The lowest BCUT2D eigenvalue weighted by molar-refractivity contribution is -0.109. The predicted molar refractivity (Wildman–Crippen MR) is 85.2 cm³/mol. The van der Waals surface area contributed by atoms with E-state index in [0.717, 1.165) is 9.90 Å². The van der Waals surface area contributed by atoms with Crippen molar-refractivity contribution in [3.63, 3.8) is 0 Å². The zero-order valence-corrected chi connectivity index (χ0v) is 13.4. The average Bonchev–Trinajstić information content (AvgIpc) is 2.73. The van der Waals surface area contributed by atoms with E-state index in [1.165, 1.54) is 27.8 Å². The van der Waals surface area contributed by atoms with Gasteiger partial charge in [-0.25, -0.2) is 0 Å². The summed E-state index contributed by atoms with van der Waals surface area (Å²) in [4.78, 5) is 12.7. The number of fused-ring (bicyclic) bond motifs is 3. The highest BCUT2D eigenvalue weighted by Crippen LogP contribution is 2.52. The summed E-state index contributed by atoms with van der Waals surface area (Å²) >= 11 is 1.35. The Morgan fingerprint density at radius 3 is 2.84 bits per heavy atom. The second-order valence-corrected chi connectivity index (χ2v) is 8.64. The van der Waals surface area contributed by atoms with Gasteiger partial charge >= 0.3 is 10.3 Å². The Morgan fingerprint density at radius 2 is 2.11 bits per heavy atom. The summed E-state index contributed by atoms with van der Waals surface area (Å²) in [5.41, 5.74) is 3.52. The van der Waals surface area contributed by atoms with Gasteiger partial charge in [0.1, 0.15) is 4.88 Å². The molecule has 0 radical (unpaired) electrons. The normalized spacial score (nSPS) is 15.3. The number of anilines is 1. The van der Waals surface area contributed by atoms with Gasteiger partial charge in [0.25, 0.3) is 4.21 Å². The van der Waals surface area contributed by atoms with Gasteiger partial charge in [-0.2, -0.15) is 0 Å². The number of nitrogens with one attached hydrogen (secondary N) is 1. The molecule has 0 saturated carbocycles. The summed E-state index contributed by atoms with van der Waals surface area (Å²) in [6, 6.07) is 8.32. The van der Waals surface area contributed by atoms with E-state index >= 15 is 0 Å². The topological polar surface area (TPSA) is 29.1 Å². The number of hydrogen-bond donors (Lipinski definition) is 1. The van der Waals surface area contributed by atoms with Gasteiger partial charge in [0.2, 0.25) is 0 Å². The molecule has 98 valence electrons. The van der Waals surface area contributed by atoms with E-state index in [2.05, 4.69) is 31.3 Å². The van der Waals surface area contributed by atoms with Crippen LogP contribution in [-0.4, -0.2) is 5.12 Å². The van der Waals surface area contributed by atoms with E-state index in [1.807, 2.05) is 12.1 Å². The molecule has 1 aliphatic rings. The van der Waals surface area contributed by atoms with Crippen LogP contribution in [-0.2, 0) is 10.3 Å². The molecule has 0 bridgehead atoms. The number of benzene rings is 1. The van der Waals surface area contributed by atoms with Crippen LogP contribution in [0.5, 0.6) is 0 Å². The minimum Gasteiger partial charge on any atom is -0.375 e. The number of thioether (sulfide) groups is 1. The van der Waals surface area contributed by atoms with Crippen LogP contribution in [0.2, 0.25) is 0 Å². The molecule has 0 atom stereocenters. The van der Waals surface area contributed by atoms with Gasteiger partial charge in [-0.1, -0.05) is 18.2 Å². The fraction of sp³-hybridized carbons (Fsp3) is 0.286. The van der Waals surface area contributed by atoms with Crippen LogP contribution in [0.1, 0.15) is 25.6 Å². The van der Waals surface area contributed by atoms with Gasteiger partial charge in [-0.3, -0.25) is 4.79 Å². The number of carbonyl (C=O) groups excluding carboxylic acids is 1. The summed E-state index contributed by atoms with van der Waals surface area (Å²) in [5, 5.41) is 3.73. The molecule has 0 saturated heterocycles. The van der Waals surface area contributed by atoms with E-state index in [-0.39, 0.29) is 10.7 Å². The minimum absolute atomic E-state index is 0.0829. The van der Waals surface area contributed by atoms with Gasteiger partial charge in [0, 0.05) is 29.9 Å². The average molecular weight is 308 g/mol. The molecule has 1 N–H and O–H groups in total. The first-order valence-electron chi connectivity index (χ1n) is 6.01. The third-order valence-corrected chi connectivity index (χ3v) is 7.14. The van der Waals surface area contributed by atoms with Crippen molar-refractivity contribution in [3.05, 3.63) is 29.1 Å². The SMILES string of the molecule is CC(=O)Sc1[s+]sc2c1-c1ccccc1NC2(C)C. The van der Waals surface area contributed by atoms with Crippen LogP contribution >= 0.6 is 32.4 Å². The Hall–Kier alpha value is -0.910. The largest absolute Gasteiger partial charge is 0.375 e. The maximum Gasteiger partial charge on any atom is 0.309 e.